The van der Waals surface area contributed by atoms with Gasteiger partial charge in [-0.25, -0.2) is 9.78 Å². The fraction of sp³-hybridized carbons (Fsp3) is 0.368. The lowest BCUT2D eigenvalue weighted by molar-refractivity contribution is 0.198. The first-order valence-electron chi connectivity index (χ1n) is 8.27. The van der Waals surface area contributed by atoms with Crippen LogP contribution in [0.2, 0.25) is 0 Å². The molecule has 2 aromatic rings. The topological polar surface area (TPSA) is 54.5 Å². The average molecular weight is 359 g/mol. The van der Waals surface area contributed by atoms with Gasteiger partial charge in [0.1, 0.15) is 17.4 Å². The molecular formula is C19H25N3O2S. The van der Waals surface area contributed by atoms with E-state index in [2.05, 4.69) is 16.9 Å². The van der Waals surface area contributed by atoms with Gasteiger partial charge in [-0.2, -0.15) is 0 Å². The van der Waals surface area contributed by atoms with Gasteiger partial charge in [-0.3, -0.25) is 0 Å². The van der Waals surface area contributed by atoms with Crippen molar-refractivity contribution in [1.29, 1.82) is 0 Å². The van der Waals surface area contributed by atoms with Gasteiger partial charge >= 0.3 is 6.03 Å². The van der Waals surface area contributed by atoms with Crippen molar-refractivity contribution < 1.29 is 9.53 Å². The highest BCUT2D eigenvalue weighted by molar-refractivity contribution is 7.09. The Morgan fingerprint density at radius 1 is 1.48 bits per heavy atom. The molecule has 0 saturated heterocycles. The second-order valence-electron chi connectivity index (χ2n) is 6.11. The van der Waals surface area contributed by atoms with Crippen molar-refractivity contribution in [1.82, 2.24) is 15.2 Å². The zero-order valence-electron chi connectivity index (χ0n) is 15.0. The summed E-state index contributed by atoms with van der Waals surface area (Å²) in [6, 6.07) is 7.91. The summed E-state index contributed by atoms with van der Waals surface area (Å²) in [5.74, 6) is 0.835. The molecule has 0 aliphatic rings. The minimum Gasteiger partial charge on any atom is -0.486 e. The maximum Gasteiger partial charge on any atom is 0.318 e. The number of carbonyl (C=O) groups excluding carboxylic acids is 1. The number of hydrogen-bond acceptors (Lipinski definition) is 4. The standard InChI is InChI=1S/C19H25N3O2S/c1-5-9-22(19(23)20-14(2)3)11-16-13-25-18(21-16)12-24-17-8-6-7-15(4)10-17/h5-8,10,13-14H,1,9,11-12H2,2-4H3,(H,20,23). The Bertz CT molecular complexity index is 712. The number of rotatable bonds is 8. The maximum absolute atomic E-state index is 12.2. The van der Waals surface area contributed by atoms with Crippen LogP contribution >= 0.6 is 11.3 Å². The van der Waals surface area contributed by atoms with Gasteiger partial charge in [0.05, 0.1) is 12.2 Å². The summed E-state index contributed by atoms with van der Waals surface area (Å²) in [5, 5.41) is 5.75. The number of ether oxygens (including phenoxy) is 1. The third kappa shape index (κ3) is 6.23. The van der Waals surface area contributed by atoms with Crippen LogP contribution in [-0.2, 0) is 13.2 Å². The van der Waals surface area contributed by atoms with E-state index in [1.807, 2.05) is 50.4 Å². The molecule has 0 radical (unpaired) electrons. The Hall–Kier alpha value is -2.34. The van der Waals surface area contributed by atoms with E-state index in [0.29, 0.717) is 19.7 Å². The van der Waals surface area contributed by atoms with E-state index in [1.165, 1.54) is 11.3 Å². The summed E-state index contributed by atoms with van der Waals surface area (Å²) in [7, 11) is 0. The van der Waals surface area contributed by atoms with Crippen LogP contribution in [0.15, 0.2) is 42.3 Å². The van der Waals surface area contributed by atoms with Crippen molar-refractivity contribution >= 4 is 17.4 Å². The fourth-order valence-electron chi connectivity index (χ4n) is 2.25. The second-order valence-corrected chi connectivity index (χ2v) is 7.05. The molecule has 6 heteroatoms. The van der Waals surface area contributed by atoms with Gasteiger partial charge in [0, 0.05) is 18.0 Å². The van der Waals surface area contributed by atoms with E-state index in [-0.39, 0.29) is 12.1 Å². The highest BCUT2D eigenvalue weighted by atomic mass is 32.1. The molecule has 0 unspecified atom stereocenters. The first kappa shape index (κ1) is 19.0. The van der Waals surface area contributed by atoms with Crippen molar-refractivity contribution in [3.05, 3.63) is 58.6 Å². The average Bonchev–Trinajstić information content (AvgIpc) is 2.99. The Morgan fingerprint density at radius 3 is 2.96 bits per heavy atom. The summed E-state index contributed by atoms with van der Waals surface area (Å²) < 4.78 is 5.78. The first-order chi connectivity index (χ1) is 12.0. The number of aryl methyl sites for hydroxylation is 1. The van der Waals surface area contributed by atoms with Gasteiger partial charge in [0.15, 0.2) is 0 Å². The third-order valence-corrected chi connectivity index (χ3v) is 4.22. The molecule has 0 fully saturated rings. The van der Waals surface area contributed by atoms with Crippen molar-refractivity contribution in [3.63, 3.8) is 0 Å². The van der Waals surface area contributed by atoms with Gasteiger partial charge in [0.2, 0.25) is 0 Å². The van der Waals surface area contributed by atoms with Crippen molar-refractivity contribution in [3.8, 4) is 5.75 Å². The van der Waals surface area contributed by atoms with Crippen molar-refractivity contribution in [2.45, 2.75) is 40.0 Å². The van der Waals surface area contributed by atoms with E-state index in [9.17, 15) is 4.79 Å². The van der Waals surface area contributed by atoms with Crippen molar-refractivity contribution in [2.75, 3.05) is 6.54 Å². The highest BCUT2D eigenvalue weighted by Gasteiger charge is 2.15. The Balaban J connectivity index is 1.94. The molecular weight excluding hydrogens is 334 g/mol. The molecule has 1 aromatic carbocycles. The molecule has 0 spiro atoms. The van der Waals surface area contributed by atoms with Crippen molar-refractivity contribution in [2.24, 2.45) is 0 Å². The van der Waals surface area contributed by atoms with Crippen LogP contribution in [0.1, 0.15) is 30.1 Å². The smallest absolute Gasteiger partial charge is 0.318 e. The number of nitrogens with zero attached hydrogens (tertiary/aromatic N) is 2. The second kappa shape index (κ2) is 9.22. The summed E-state index contributed by atoms with van der Waals surface area (Å²) in [6.07, 6.45) is 1.72. The Kier molecular flexibility index (Phi) is 7.01. The molecule has 1 N–H and O–H groups in total. The third-order valence-electron chi connectivity index (χ3n) is 3.35. The van der Waals surface area contributed by atoms with E-state index in [0.717, 1.165) is 22.0 Å². The van der Waals surface area contributed by atoms with Crippen LogP contribution in [0.3, 0.4) is 0 Å². The van der Waals surface area contributed by atoms with E-state index < -0.39 is 0 Å². The predicted molar refractivity (Wildman–Crippen MR) is 102 cm³/mol. The van der Waals surface area contributed by atoms with Crippen LogP contribution in [-0.4, -0.2) is 28.5 Å². The van der Waals surface area contributed by atoms with Crippen LogP contribution in [0.4, 0.5) is 4.79 Å². The molecule has 5 nitrogen and oxygen atoms in total. The molecule has 0 atom stereocenters. The summed E-state index contributed by atoms with van der Waals surface area (Å²) in [5.41, 5.74) is 2.02. The zero-order chi connectivity index (χ0) is 18.2. The molecule has 25 heavy (non-hydrogen) atoms. The van der Waals surface area contributed by atoms with E-state index >= 15 is 0 Å². The summed E-state index contributed by atoms with van der Waals surface area (Å²) >= 11 is 1.54. The van der Waals surface area contributed by atoms with Gasteiger partial charge < -0.3 is 15.0 Å². The van der Waals surface area contributed by atoms with Gasteiger partial charge in [0.25, 0.3) is 0 Å². The largest absolute Gasteiger partial charge is 0.486 e. The van der Waals surface area contributed by atoms with Gasteiger partial charge in [-0.05, 0) is 38.5 Å². The van der Waals surface area contributed by atoms with Crippen LogP contribution in [0.5, 0.6) is 5.75 Å². The van der Waals surface area contributed by atoms with Crippen LogP contribution < -0.4 is 10.1 Å². The number of carbonyl (C=O) groups is 1. The lowest BCUT2D eigenvalue weighted by Gasteiger charge is -2.22. The first-order valence-corrected chi connectivity index (χ1v) is 9.15. The monoisotopic (exact) mass is 359 g/mol. The molecule has 2 rings (SSSR count). The van der Waals surface area contributed by atoms with Gasteiger partial charge in [-0.1, -0.05) is 18.2 Å². The number of nitrogens with one attached hydrogen (secondary N) is 1. The quantitative estimate of drug-likeness (QED) is 0.721. The molecule has 0 bridgehead atoms. The van der Waals surface area contributed by atoms with Crippen LogP contribution in [0, 0.1) is 6.92 Å². The number of urea groups is 1. The molecule has 134 valence electrons. The Labute approximate surface area is 153 Å². The lowest BCUT2D eigenvalue weighted by Crippen LogP contribution is -2.42. The zero-order valence-corrected chi connectivity index (χ0v) is 15.8. The van der Waals surface area contributed by atoms with Crippen LogP contribution in [0.25, 0.3) is 0 Å². The lowest BCUT2D eigenvalue weighted by atomic mass is 10.2. The number of benzene rings is 1. The number of aromatic nitrogens is 1. The number of amides is 2. The normalized spacial score (nSPS) is 10.6. The van der Waals surface area contributed by atoms with Gasteiger partial charge in [-0.15, -0.1) is 17.9 Å². The summed E-state index contributed by atoms with van der Waals surface area (Å²) in [6.45, 7) is 11.0. The SMILES string of the molecule is C=CCN(Cc1csc(COc2cccc(C)c2)n1)C(=O)NC(C)C. The van der Waals surface area contributed by atoms with E-state index in [1.54, 1.807) is 11.0 Å². The molecule has 0 aliphatic heterocycles. The maximum atomic E-state index is 12.2. The predicted octanol–water partition coefficient (Wildman–Crippen LogP) is 4.14. The molecule has 1 heterocycles. The summed E-state index contributed by atoms with van der Waals surface area (Å²) in [4.78, 5) is 18.5. The Morgan fingerprint density at radius 2 is 2.28 bits per heavy atom. The molecule has 1 aromatic heterocycles. The minimum absolute atomic E-state index is 0.0912. The minimum atomic E-state index is -0.111. The number of thiazole rings is 1. The number of hydrogen-bond donors (Lipinski definition) is 1. The fourth-order valence-corrected chi connectivity index (χ4v) is 2.94. The molecule has 2 amide bonds. The highest BCUT2D eigenvalue weighted by Crippen LogP contribution is 2.17. The molecule has 0 aliphatic carbocycles. The molecule has 0 saturated carbocycles. The van der Waals surface area contributed by atoms with E-state index in [4.69, 9.17) is 4.74 Å².